The van der Waals surface area contributed by atoms with Gasteiger partial charge in [0.25, 0.3) is 5.91 Å². The molecule has 0 aliphatic rings. The topological polar surface area (TPSA) is 118 Å². The number of carbonyl (C=O) groups excluding carboxylic acids is 3. The van der Waals surface area contributed by atoms with Crippen molar-refractivity contribution in [2.24, 2.45) is 0 Å². The number of hydrogen-bond acceptors (Lipinski definition) is 8. The van der Waals surface area contributed by atoms with E-state index in [1.165, 1.54) is 18.4 Å². The van der Waals surface area contributed by atoms with Crippen LogP contribution in [-0.4, -0.2) is 48.1 Å². The highest BCUT2D eigenvalue weighted by atomic mass is 32.1. The number of aromatic nitrogens is 1. The second-order valence-corrected chi connectivity index (χ2v) is 6.11. The van der Waals surface area contributed by atoms with Crippen molar-refractivity contribution in [3.05, 3.63) is 16.6 Å². The molecule has 1 aromatic heterocycles. The van der Waals surface area contributed by atoms with E-state index in [1.54, 1.807) is 25.4 Å². The number of amides is 1. The maximum absolute atomic E-state index is 12.4. The smallest absolute Gasteiger partial charge is 0.328 e. The molecule has 9 heteroatoms. The molecule has 1 amide bonds. The number of ketones is 1. The summed E-state index contributed by atoms with van der Waals surface area (Å²) >= 11 is 1.25. The Morgan fingerprint density at radius 2 is 2.12 bits per heavy atom. The molecule has 2 N–H and O–H groups in total. The Kier molecular flexibility index (Phi) is 8.20. The first-order valence-electron chi connectivity index (χ1n) is 7.35. The second kappa shape index (κ2) is 9.89. The number of nitrogens with one attached hydrogen (secondary N) is 2. The number of rotatable bonds is 10. The minimum absolute atomic E-state index is 0.0415. The fourth-order valence-electron chi connectivity index (χ4n) is 1.85. The average Bonchev–Trinajstić information content (AvgIpc) is 3.05. The lowest BCUT2D eigenvalue weighted by Crippen LogP contribution is -2.45. The molecule has 0 spiro atoms. The van der Waals surface area contributed by atoms with Gasteiger partial charge in [-0.2, -0.15) is 0 Å². The summed E-state index contributed by atoms with van der Waals surface area (Å²) in [6, 6.07) is -0.999. The number of Topliss-reactive ketones (excluding diaryl/α,β-unsaturated/α-hetero) is 1. The van der Waals surface area contributed by atoms with Gasteiger partial charge < -0.3 is 20.2 Å². The van der Waals surface area contributed by atoms with E-state index in [0.717, 1.165) is 0 Å². The first-order chi connectivity index (χ1) is 11.4. The van der Waals surface area contributed by atoms with Crippen LogP contribution in [0, 0.1) is 5.41 Å². The molecule has 1 heterocycles. The minimum atomic E-state index is -0.999. The predicted octanol–water partition coefficient (Wildman–Crippen LogP) is 1.27. The SMILES string of the molecule is CO[C@H](C(=O)N[C@@H](CCC(=O)C=N)C(=O)OC(C)C)c1nccs1. The fraction of sp³-hybridized carbons (Fsp3) is 0.533. The Bertz CT molecular complexity index is 574. The van der Waals surface area contributed by atoms with E-state index in [-0.39, 0.29) is 18.9 Å². The first-order valence-corrected chi connectivity index (χ1v) is 8.23. The first kappa shape index (κ1) is 19.9. The minimum Gasteiger partial charge on any atom is -0.461 e. The van der Waals surface area contributed by atoms with E-state index in [0.29, 0.717) is 11.2 Å². The van der Waals surface area contributed by atoms with Gasteiger partial charge in [0.1, 0.15) is 11.0 Å². The van der Waals surface area contributed by atoms with E-state index in [4.69, 9.17) is 14.9 Å². The third-order valence-corrected chi connectivity index (χ3v) is 3.76. The molecule has 0 saturated carbocycles. The summed E-state index contributed by atoms with van der Waals surface area (Å²) in [6.07, 6.45) is 0.925. The summed E-state index contributed by atoms with van der Waals surface area (Å²) in [5.74, 6) is -1.61. The zero-order valence-corrected chi connectivity index (χ0v) is 14.6. The molecular weight excluding hydrogens is 334 g/mol. The van der Waals surface area contributed by atoms with E-state index >= 15 is 0 Å². The number of thiazole rings is 1. The van der Waals surface area contributed by atoms with Crippen LogP contribution in [0.25, 0.3) is 0 Å². The number of esters is 1. The number of hydrogen-bond donors (Lipinski definition) is 2. The number of nitrogens with zero attached hydrogens (tertiary/aromatic N) is 1. The van der Waals surface area contributed by atoms with E-state index < -0.39 is 29.8 Å². The van der Waals surface area contributed by atoms with Crippen LogP contribution in [0.3, 0.4) is 0 Å². The van der Waals surface area contributed by atoms with Crippen LogP contribution in [0.2, 0.25) is 0 Å². The molecule has 0 aromatic carbocycles. The third kappa shape index (κ3) is 6.17. The van der Waals surface area contributed by atoms with Gasteiger partial charge >= 0.3 is 5.97 Å². The summed E-state index contributed by atoms with van der Waals surface area (Å²) < 4.78 is 10.3. The maximum atomic E-state index is 12.4. The Morgan fingerprint density at radius 1 is 1.42 bits per heavy atom. The van der Waals surface area contributed by atoms with Gasteiger partial charge in [0.05, 0.1) is 12.3 Å². The van der Waals surface area contributed by atoms with E-state index in [2.05, 4.69) is 10.3 Å². The fourth-order valence-corrected chi connectivity index (χ4v) is 2.56. The lowest BCUT2D eigenvalue weighted by atomic mass is 10.1. The standard InChI is InChI=1S/C15H21N3O5S/c1-9(2)23-15(21)11(5-4-10(19)8-16)18-13(20)12(22-3)14-17-6-7-24-14/h6-9,11-12,16H,4-5H2,1-3H3,(H,18,20)/t11-,12+/m0/s1. The van der Waals surface area contributed by atoms with Crippen molar-refractivity contribution in [1.82, 2.24) is 10.3 Å². The molecule has 0 saturated heterocycles. The molecule has 0 aliphatic carbocycles. The molecular formula is C15H21N3O5S. The van der Waals surface area contributed by atoms with Crippen LogP contribution < -0.4 is 5.32 Å². The van der Waals surface area contributed by atoms with Crippen molar-refractivity contribution < 1.29 is 23.9 Å². The predicted molar refractivity (Wildman–Crippen MR) is 88.0 cm³/mol. The van der Waals surface area contributed by atoms with Crippen LogP contribution in [-0.2, 0) is 23.9 Å². The lowest BCUT2D eigenvalue weighted by Gasteiger charge is -2.21. The summed E-state index contributed by atoms with van der Waals surface area (Å²) in [6.45, 7) is 3.38. The van der Waals surface area contributed by atoms with Crippen molar-refractivity contribution in [1.29, 1.82) is 5.41 Å². The van der Waals surface area contributed by atoms with Crippen LogP contribution in [0.5, 0.6) is 0 Å². The highest BCUT2D eigenvalue weighted by Gasteiger charge is 2.29. The Labute approximate surface area is 144 Å². The summed E-state index contributed by atoms with van der Waals surface area (Å²) in [7, 11) is 1.37. The molecule has 0 radical (unpaired) electrons. The highest BCUT2D eigenvalue weighted by Crippen LogP contribution is 2.19. The average molecular weight is 355 g/mol. The Hall–Kier alpha value is -2.13. The summed E-state index contributed by atoms with van der Waals surface area (Å²) in [4.78, 5) is 39.8. The van der Waals surface area contributed by atoms with Gasteiger partial charge in [-0.15, -0.1) is 11.3 Å². The van der Waals surface area contributed by atoms with Gasteiger partial charge in [-0.05, 0) is 20.3 Å². The molecule has 2 atom stereocenters. The van der Waals surface area contributed by atoms with Crippen LogP contribution in [0.1, 0.15) is 37.8 Å². The molecule has 8 nitrogen and oxygen atoms in total. The van der Waals surface area contributed by atoms with Crippen molar-refractivity contribution in [3.8, 4) is 0 Å². The largest absolute Gasteiger partial charge is 0.461 e. The Balaban J connectivity index is 2.81. The van der Waals surface area contributed by atoms with Crippen LogP contribution in [0.15, 0.2) is 11.6 Å². The molecule has 24 heavy (non-hydrogen) atoms. The van der Waals surface area contributed by atoms with Crippen molar-refractivity contribution in [2.45, 2.75) is 44.9 Å². The van der Waals surface area contributed by atoms with Crippen LogP contribution >= 0.6 is 11.3 Å². The lowest BCUT2D eigenvalue weighted by molar-refractivity contribution is -0.152. The molecule has 0 bridgehead atoms. The maximum Gasteiger partial charge on any atom is 0.328 e. The van der Waals surface area contributed by atoms with Gasteiger partial charge in [0, 0.05) is 25.1 Å². The zero-order valence-electron chi connectivity index (χ0n) is 13.8. The van der Waals surface area contributed by atoms with Gasteiger partial charge in [-0.3, -0.25) is 9.59 Å². The molecule has 132 valence electrons. The van der Waals surface area contributed by atoms with Gasteiger partial charge in [-0.1, -0.05) is 0 Å². The summed E-state index contributed by atoms with van der Waals surface area (Å²) in [5, 5.41) is 11.6. The zero-order chi connectivity index (χ0) is 18.1. The van der Waals surface area contributed by atoms with E-state index in [9.17, 15) is 14.4 Å². The van der Waals surface area contributed by atoms with Crippen molar-refractivity contribution in [3.63, 3.8) is 0 Å². The van der Waals surface area contributed by atoms with Gasteiger partial charge in [0.2, 0.25) is 0 Å². The summed E-state index contributed by atoms with van der Waals surface area (Å²) in [5.41, 5.74) is 0. The van der Waals surface area contributed by atoms with E-state index in [1.807, 2.05) is 0 Å². The molecule has 1 aromatic rings. The highest BCUT2D eigenvalue weighted by molar-refractivity contribution is 7.09. The monoisotopic (exact) mass is 355 g/mol. The second-order valence-electron chi connectivity index (χ2n) is 5.18. The van der Waals surface area contributed by atoms with Gasteiger partial charge in [0.15, 0.2) is 11.9 Å². The number of carbonyl (C=O) groups is 3. The molecule has 0 unspecified atom stereocenters. The Morgan fingerprint density at radius 3 is 2.62 bits per heavy atom. The van der Waals surface area contributed by atoms with Crippen molar-refractivity contribution in [2.75, 3.05) is 7.11 Å². The molecule has 0 fully saturated rings. The number of methoxy groups -OCH3 is 1. The van der Waals surface area contributed by atoms with Gasteiger partial charge in [-0.25, -0.2) is 9.78 Å². The molecule has 1 rings (SSSR count). The third-order valence-electron chi connectivity index (χ3n) is 2.94. The normalized spacial score (nSPS) is 13.2. The van der Waals surface area contributed by atoms with Crippen molar-refractivity contribution >= 4 is 35.2 Å². The quantitative estimate of drug-likeness (QED) is 0.482. The number of ether oxygens (including phenoxy) is 2. The van der Waals surface area contributed by atoms with Crippen LogP contribution in [0.4, 0.5) is 0 Å². The molecule has 0 aliphatic heterocycles.